The highest BCUT2D eigenvalue weighted by Crippen LogP contribution is 2.25. The zero-order valence-corrected chi connectivity index (χ0v) is 10.9. The van der Waals surface area contributed by atoms with Crippen LogP contribution in [0, 0.1) is 0 Å². The Bertz CT molecular complexity index is 594. The van der Waals surface area contributed by atoms with E-state index in [0.717, 1.165) is 28.4 Å². The van der Waals surface area contributed by atoms with Crippen molar-refractivity contribution in [1.82, 2.24) is 9.55 Å². The van der Waals surface area contributed by atoms with Crippen molar-refractivity contribution in [2.45, 2.75) is 25.3 Å². The first-order chi connectivity index (χ1) is 8.74. The molecular formula is C13H14N2O2S. The number of rotatable bonds is 1. The lowest BCUT2D eigenvalue weighted by atomic mass is 10.3. The largest absolute Gasteiger partial charge is 0.460 e. The molecule has 94 valence electrons. The van der Waals surface area contributed by atoms with E-state index in [4.69, 9.17) is 4.74 Å². The van der Waals surface area contributed by atoms with Crippen molar-refractivity contribution >= 4 is 28.8 Å². The Labute approximate surface area is 109 Å². The molecule has 1 unspecified atom stereocenters. The van der Waals surface area contributed by atoms with E-state index >= 15 is 0 Å². The van der Waals surface area contributed by atoms with Gasteiger partial charge in [0, 0.05) is 12.7 Å². The van der Waals surface area contributed by atoms with Crippen LogP contribution in [-0.4, -0.2) is 27.4 Å². The molecule has 3 rings (SSSR count). The molecule has 0 radical (unpaired) electrons. The third-order valence-corrected chi connectivity index (χ3v) is 4.06. The molecule has 0 bridgehead atoms. The van der Waals surface area contributed by atoms with E-state index in [-0.39, 0.29) is 12.1 Å². The summed E-state index contributed by atoms with van der Waals surface area (Å²) in [6.45, 7) is 2.16. The average molecular weight is 262 g/mol. The number of nitrogens with zero attached hydrogens (tertiary/aromatic N) is 2. The predicted octanol–water partition coefficient (Wildman–Crippen LogP) is 2.21. The summed E-state index contributed by atoms with van der Waals surface area (Å²) in [5, 5.41) is 0. The quantitative estimate of drug-likeness (QED) is 0.739. The fourth-order valence-electron chi connectivity index (χ4n) is 2.28. The number of fused-ring (bicyclic) bond motifs is 3. The molecular weight excluding hydrogens is 248 g/mol. The molecule has 1 aliphatic heterocycles. The van der Waals surface area contributed by atoms with E-state index in [2.05, 4.69) is 15.6 Å². The molecule has 5 heteroatoms. The fourth-order valence-corrected chi connectivity index (χ4v) is 3.24. The Morgan fingerprint density at radius 3 is 3.17 bits per heavy atom. The second kappa shape index (κ2) is 4.65. The Morgan fingerprint density at radius 2 is 2.33 bits per heavy atom. The van der Waals surface area contributed by atoms with Gasteiger partial charge >= 0.3 is 5.97 Å². The molecule has 0 saturated heterocycles. The summed E-state index contributed by atoms with van der Waals surface area (Å²) < 4.78 is 7.51. The van der Waals surface area contributed by atoms with E-state index in [9.17, 15) is 4.79 Å². The number of carbonyl (C=O) groups is 1. The van der Waals surface area contributed by atoms with Gasteiger partial charge in [-0.15, -0.1) is 11.8 Å². The molecule has 0 N–H and O–H groups in total. The van der Waals surface area contributed by atoms with Crippen LogP contribution in [0.3, 0.4) is 0 Å². The van der Waals surface area contributed by atoms with Crippen LogP contribution in [0.1, 0.15) is 12.7 Å². The Morgan fingerprint density at radius 1 is 1.50 bits per heavy atom. The molecule has 0 aliphatic carbocycles. The summed E-state index contributed by atoms with van der Waals surface area (Å²) in [5.41, 5.74) is 2.13. The lowest BCUT2D eigenvalue weighted by molar-refractivity contribution is -0.145. The summed E-state index contributed by atoms with van der Waals surface area (Å²) in [6, 6.07) is 8.08. The molecule has 1 aromatic carbocycles. The van der Waals surface area contributed by atoms with E-state index < -0.39 is 0 Å². The number of thioether (sulfide) groups is 1. The van der Waals surface area contributed by atoms with Crippen LogP contribution >= 0.6 is 11.8 Å². The van der Waals surface area contributed by atoms with E-state index in [1.807, 2.05) is 18.2 Å². The minimum Gasteiger partial charge on any atom is -0.460 e. The van der Waals surface area contributed by atoms with Crippen molar-refractivity contribution in [3.05, 3.63) is 30.1 Å². The van der Waals surface area contributed by atoms with Gasteiger partial charge in [-0.2, -0.15) is 0 Å². The molecule has 4 nitrogen and oxygen atoms in total. The first-order valence-corrected chi connectivity index (χ1v) is 7.08. The van der Waals surface area contributed by atoms with Gasteiger partial charge in [0.15, 0.2) is 0 Å². The maximum absolute atomic E-state index is 11.1. The summed E-state index contributed by atoms with van der Waals surface area (Å²) >= 11 is 1.76. The van der Waals surface area contributed by atoms with E-state index in [0.29, 0.717) is 6.54 Å². The molecule has 1 aliphatic rings. The molecule has 0 spiro atoms. The summed E-state index contributed by atoms with van der Waals surface area (Å²) in [4.78, 5) is 15.7. The Hall–Kier alpha value is -1.49. The lowest BCUT2D eigenvalue weighted by Gasteiger charge is -2.15. The highest BCUT2D eigenvalue weighted by atomic mass is 32.2. The number of para-hydroxylation sites is 2. The SMILES string of the molecule is CC(=O)OC1CSCc2nc3ccccc3n2C1. The Kier molecular flexibility index (Phi) is 2.99. The standard InChI is InChI=1S/C13H14N2O2S/c1-9(16)17-10-6-15-12-5-3-2-4-11(12)14-13(15)8-18-7-10/h2-5,10H,6-8H2,1H3. The summed E-state index contributed by atoms with van der Waals surface area (Å²) in [6.07, 6.45) is -0.0636. The maximum Gasteiger partial charge on any atom is 0.302 e. The number of carbonyl (C=O) groups excluding carboxylic acids is 1. The first kappa shape index (κ1) is 11.6. The number of hydrogen-bond donors (Lipinski definition) is 0. The minimum atomic E-state index is -0.214. The van der Waals surface area contributed by atoms with Crippen molar-refractivity contribution in [3.8, 4) is 0 Å². The fraction of sp³-hybridized carbons (Fsp3) is 0.385. The highest BCUT2D eigenvalue weighted by Gasteiger charge is 2.21. The first-order valence-electron chi connectivity index (χ1n) is 5.93. The predicted molar refractivity (Wildman–Crippen MR) is 71.4 cm³/mol. The van der Waals surface area contributed by atoms with Gasteiger partial charge < -0.3 is 9.30 Å². The number of aromatic nitrogens is 2. The van der Waals surface area contributed by atoms with Gasteiger partial charge in [0.05, 0.1) is 23.3 Å². The lowest BCUT2D eigenvalue weighted by Crippen LogP contribution is -2.23. The van der Waals surface area contributed by atoms with Crippen LogP contribution in [-0.2, 0) is 21.8 Å². The van der Waals surface area contributed by atoms with Crippen LogP contribution in [0.15, 0.2) is 24.3 Å². The second-order valence-corrected chi connectivity index (χ2v) is 5.40. The molecule has 1 aromatic heterocycles. The van der Waals surface area contributed by atoms with Crippen LogP contribution in [0.25, 0.3) is 11.0 Å². The molecule has 1 atom stereocenters. The maximum atomic E-state index is 11.1. The highest BCUT2D eigenvalue weighted by molar-refractivity contribution is 7.98. The second-order valence-electron chi connectivity index (χ2n) is 4.37. The van der Waals surface area contributed by atoms with Crippen LogP contribution < -0.4 is 0 Å². The van der Waals surface area contributed by atoms with E-state index in [1.165, 1.54) is 6.92 Å². The molecule has 0 amide bonds. The number of hydrogen-bond acceptors (Lipinski definition) is 4. The van der Waals surface area contributed by atoms with Gasteiger partial charge in [0.25, 0.3) is 0 Å². The zero-order valence-electron chi connectivity index (χ0n) is 10.1. The monoisotopic (exact) mass is 262 g/mol. The van der Waals surface area contributed by atoms with Crippen LogP contribution in [0.5, 0.6) is 0 Å². The van der Waals surface area contributed by atoms with Gasteiger partial charge in [0.2, 0.25) is 0 Å². The van der Waals surface area contributed by atoms with Gasteiger partial charge in [-0.1, -0.05) is 12.1 Å². The number of ether oxygens (including phenoxy) is 1. The Balaban J connectivity index is 1.99. The van der Waals surface area contributed by atoms with Gasteiger partial charge in [-0.05, 0) is 12.1 Å². The van der Waals surface area contributed by atoms with Crippen LogP contribution in [0.2, 0.25) is 0 Å². The van der Waals surface area contributed by atoms with Crippen molar-refractivity contribution in [2.24, 2.45) is 0 Å². The topological polar surface area (TPSA) is 44.1 Å². The number of imidazole rings is 1. The minimum absolute atomic E-state index is 0.0636. The van der Waals surface area contributed by atoms with Gasteiger partial charge in [0.1, 0.15) is 11.9 Å². The summed E-state index contributed by atoms with van der Waals surface area (Å²) in [7, 11) is 0. The number of esters is 1. The molecule has 0 saturated carbocycles. The average Bonchev–Trinajstić information content (AvgIpc) is 2.55. The third kappa shape index (κ3) is 2.10. The van der Waals surface area contributed by atoms with Crippen molar-refractivity contribution in [3.63, 3.8) is 0 Å². The normalized spacial score (nSPS) is 19.3. The van der Waals surface area contributed by atoms with Crippen molar-refractivity contribution < 1.29 is 9.53 Å². The zero-order chi connectivity index (χ0) is 12.5. The molecule has 2 heterocycles. The van der Waals surface area contributed by atoms with Crippen molar-refractivity contribution in [1.29, 1.82) is 0 Å². The molecule has 18 heavy (non-hydrogen) atoms. The van der Waals surface area contributed by atoms with Crippen LogP contribution in [0.4, 0.5) is 0 Å². The smallest absolute Gasteiger partial charge is 0.302 e. The van der Waals surface area contributed by atoms with Crippen molar-refractivity contribution in [2.75, 3.05) is 5.75 Å². The van der Waals surface area contributed by atoms with E-state index in [1.54, 1.807) is 11.8 Å². The third-order valence-electron chi connectivity index (χ3n) is 2.99. The summed E-state index contributed by atoms with van der Waals surface area (Å²) in [5.74, 6) is 2.55. The molecule has 0 fully saturated rings. The molecule has 2 aromatic rings. The number of benzene rings is 1. The van der Waals surface area contributed by atoms with Gasteiger partial charge in [-0.3, -0.25) is 4.79 Å². The van der Waals surface area contributed by atoms with Gasteiger partial charge in [-0.25, -0.2) is 4.98 Å².